The van der Waals surface area contributed by atoms with E-state index in [4.69, 9.17) is 9.84 Å². The molecule has 2 aromatic heterocycles. The van der Waals surface area contributed by atoms with Gasteiger partial charge in [-0.1, -0.05) is 17.3 Å². The number of aromatic nitrogens is 5. The van der Waals surface area contributed by atoms with Crippen LogP contribution in [0.5, 0.6) is 5.75 Å². The van der Waals surface area contributed by atoms with E-state index in [0.717, 1.165) is 6.07 Å². The lowest BCUT2D eigenvalue weighted by Gasteiger charge is -2.32. The number of anilines is 1. The number of aliphatic hydroxyl groups excluding tert-OH is 1. The molecule has 0 atom stereocenters. The van der Waals surface area contributed by atoms with Crippen LogP contribution < -0.4 is 9.64 Å². The highest BCUT2D eigenvalue weighted by Crippen LogP contribution is 2.37. The van der Waals surface area contributed by atoms with Crippen LogP contribution in [0, 0.1) is 0 Å². The lowest BCUT2D eigenvalue weighted by atomic mass is 10.1. The molecule has 0 unspecified atom stereocenters. The Hall–Kier alpha value is -3.21. The van der Waals surface area contributed by atoms with Crippen LogP contribution in [0.3, 0.4) is 0 Å². The number of rotatable bonds is 6. The molecule has 1 aliphatic heterocycles. The fourth-order valence-corrected chi connectivity index (χ4v) is 3.41. The van der Waals surface area contributed by atoms with Crippen molar-refractivity contribution in [3.05, 3.63) is 54.1 Å². The van der Waals surface area contributed by atoms with Crippen molar-refractivity contribution >= 4 is 5.95 Å². The molecule has 0 bridgehead atoms. The van der Waals surface area contributed by atoms with Crippen LogP contribution in [0.25, 0.3) is 5.69 Å². The maximum Gasteiger partial charge on any atom is 0.419 e. The van der Waals surface area contributed by atoms with Crippen LogP contribution >= 0.6 is 0 Å². The summed E-state index contributed by atoms with van der Waals surface area (Å²) >= 11 is 0. The Bertz CT molecular complexity index is 1000. The van der Waals surface area contributed by atoms with Gasteiger partial charge in [0, 0.05) is 39.0 Å². The van der Waals surface area contributed by atoms with Gasteiger partial charge in [0.15, 0.2) is 0 Å². The number of hydrogen-bond acceptors (Lipinski definition) is 7. The molecule has 11 heteroatoms. The minimum atomic E-state index is -4.45. The summed E-state index contributed by atoms with van der Waals surface area (Å²) in [6.07, 6.45) is 1.74. The SMILES string of the molecule is OCCc1cn(-c2cnc(N3CCC(Oc4ccccc4C(F)(F)F)CC3)nc2)nn1. The third kappa shape index (κ3) is 4.93. The lowest BCUT2D eigenvalue weighted by molar-refractivity contribution is -0.139. The van der Waals surface area contributed by atoms with E-state index in [0.29, 0.717) is 49.7 Å². The van der Waals surface area contributed by atoms with Crippen molar-refractivity contribution in [2.45, 2.75) is 31.5 Å². The van der Waals surface area contributed by atoms with Gasteiger partial charge in [0.2, 0.25) is 5.95 Å². The molecule has 3 aromatic rings. The summed E-state index contributed by atoms with van der Waals surface area (Å²) in [5.41, 5.74) is 0.551. The van der Waals surface area contributed by atoms with Crippen molar-refractivity contribution in [3.63, 3.8) is 0 Å². The van der Waals surface area contributed by atoms with Crippen molar-refractivity contribution < 1.29 is 23.0 Å². The van der Waals surface area contributed by atoms with E-state index < -0.39 is 11.7 Å². The van der Waals surface area contributed by atoms with E-state index in [1.54, 1.807) is 18.6 Å². The van der Waals surface area contributed by atoms with Gasteiger partial charge in [0.1, 0.15) is 17.5 Å². The monoisotopic (exact) mass is 434 g/mol. The van der Waals surface area contributed by atoms with Gasteiger partial charge in [-0.2, -0.15) is 13.2 Å². The van der Waals surface area contributed by atoms with Crippen molar-refractivity contribution in [2.24, 2.45) is 0 Å². The van der Waals surface area contributed by atoms with Crippen LogP contribution in [-0.2, 0) is 12.6 Å². The molecular weight excluding hydrogens is 413 g/mol. The average molecular weight is 434 g/mol. The van der Waals surface area contributed by atoms with Gasteiger partial charge in [-0.25, -0.2) is 14.6 Å². The van der Waals surface area contributed by atoms with E-state index in [-0.39, 0.29) is 18.5 Å². The highest BCUT2D eigenvalue weighted by Gasteiger charge is 2.35. The number of alkyl halides is 3. The summed E-state index contributed by atoms with van der Waals surface area (Å²) in [4.78, 5) is 10.7. The minimum absolute atomic E-state index is 0.00438. The van der Waals surface area contributed by atoms with Crippen LogP contribution in [-0.4, -0.2) is 55.9 Å². The molecule has 1 fully saturated rings. The molecule has 31 heavy (non-hydrogen) atoms. The van der Waals surface area contributed by atoms with Gasteiger partial charge in [0.05, 0.1) is 29.8 Å². The molecule has 0 amide bonds. The predicted molar refractivity (Wildman–Crippen MR) is 105 cm³/mol. The molecule has 1 N–H and O–H groups in total. The standard InChI is InChI=1S/C20H21F3N6O2/c21-20(22,23)17-3-1-2-4-18(17)31-16-5-8-28(9-6-16)19-24-11-15(12-25-19)29-13-14(7-10-30)26-27-29/h1-4,11-13,16,30H,5-10H2. The lowest BCUT2D eigenvalue weighted by Crippen LogP contribution is -2.39. The summed E-state index contributed by atoms with van der Waals surface area (Å²) in [5.74, 6) is 0.399. The number of piperidine rings is 1. The number of aliphatic hydroxyl groups is 1. The number of para-hydroxylation sites is 1. The Morgan fingerprint density at radius 2 is 1.81 bits per heavy atom. The van der Waals surface area contributed by atoms with Gasteiger partial charge in [0.25, 0.3) is 0 Å². The number of hydrogen-bond donors (Lipinski definition) is 1. The third-order valence-electron chi connectivity index (χ3n) is 5.01. The van der Waals surface area contributed by atoms with Crippen molar-refractivity contribution in [1.29, 1.82) is 0 Å². The number of halogens is 3. The largest absolute Gasteiger partial charge is 0.490 e. The van der Waals surface area contributed by atoms with E-state index in [1.807, 2.05) is 4.90 Å². The van der Waals surface area contributed by atoms with E-state index in [9.17, 15) is 13.2 Å². The second kappa shape index (κ2) is 8.88. The molecule has 0 radical (unpaired) electrons. The quantitative estimate of drug-likeness (QED) is 0.638. The first-order valence-electron chi connectivity index (χ1n) is 9.86. The summed E-state index contributed by atoms with van der Waals surface area (Å²) in [6.45, 7) is 1.14. The zero-order valence-corrected chi connectivity index (χ0v) is 16.5. The van der Waals surface area contributed by atoms with Gasteiger partial charge in [-0.05, 0) is 12.1 Å². The van der Waals surface area contributed by atoms with Crippen LogP contribution in [0.1, 0.15) is 24.1 Å². The number of nitrogens with zero attached hydrogens (tertiary/aromatic N) is 6. The maximum absolute atomic E-state index is 13.2. The Labute approximate surface area is 176 Å². The molecule has 0 spiro atoms. The summed E-state index contributed by atoms with van der Waals surface area (Å²) in [6, 6.07) is 5.28. The normalized spacial score (nSPS) is 15.3. The van der Waals surface area contributed by atoms with Crippen molar-refractivity contribution in [3.8, 4) is 11.4 Å². The van der Waals surface area contributed by atoms with E-state index >= 15 is 0 Å². The van der Waals surface area contributed by atoms with Crippen molar-refractivity contribution in [2.75, 3.05) is 24.6 Å². The summed E-state index contributed by atoms with van der Waals surface area (Å²) in [5, 5.41) is 16.9. The number of ether oxygens (including phenoxy) is 1. The Morgan fingerprint density at radius 1 is 1.10 bits per heavy atom. The fourth-order valence-electron chi connectivity index (χ4n) is 3.41. The Kier molecular flexibility index (Phi) is 6.03. The molecule has 4 rings (SSSR count). The van der Waals surface area contributed by atoms with Gasteiger partial charge in [-0.15, -0.1) is 5.10 Å². The summed E-state index contributed by atoms with van der Waals surface area (Å²) in [7, 11) is 0. The minimum Gasteiger partial charge on any atom is -0.490 e. The third-order valence-corrected chi connectivity index (χ3v) is 5.01. The molecule has 0 aliphatic carbocycles. The van der Waals surface area contributed by atoms with Crippen LogP contribution in [0.15, 0.2) is 42.9 Å². The Morgan fingerprint density at radius 3 is 2.48 bits per heavy atom. The van der Waals surface area contributed by atoms with Gasteiger partial charge in [-0.3, -0.25) is 0 Å². The summed E-state index contributed by atoms with van der Waals surface area (Å²) < 4.78 is 46.7. The van der Waals surface area contributed by atoms with Gasteiger partial charge < -0.3 is 14.7 Å². The molecular formula is C20H21F3N6O2. The highest BCUT2D eigenvalue weighted by molar-refractivity contribution is 5.37. The average Bonchev–Trinajstić information content (AvgIpc) is 3.23. The van der Waals surface area contributed by atoms with Crippen molar-refractivity contribution in [1.82, 2.24) is 25.0 Å². The van der Waals surface area contributed by atoms with Gasteiger partial charge >= 0.3 is 6.18 Å². The first-order valence-corrected chi connectivity index (χ1v) is 9.86. The first-order chi connectivity index (χ1) is 14.9. The van der Waals surface area contributed by atoms with E-state index in [1.165, 1.54) is 22.9 Å². The second-order valence-electron chi connectivity index (χ2n) is 7.17. The first kappa shape index (κ1) is 21.0. The van der Waals surface area contributed by atoms with E-state index in [2.05, 4.69) is 20.3 Å². The fraction of sp³-hybridized carbons (Fsp3) is 0.400. The Balaban J connectivity index is 1.36. The molecule has 164 valence electrons. The predicted octanol–water partition coefficient (Wildman–Crippen LogP) is 2.66. The zero-order chi connectivity index (χ0) is 21.8. The van der Waals surface area contributed by atoms with Crippen LogP contribution in [0.4, 0.5) is 19.1 Å². The molecule has 3 heterocycles. The molecule has 1 aliphatic rings. The maximum atomic E-state index is 13.2. The smallest absolute Gasteiger partial charge is 0.419 e. The zero-order valence-electron chi connectivity index (χ0n) is 16.5. The number of benzene rings is 1. The molecule has 1 aromatic carbocycles. The molecule has 1 saturated heterocycles. The second-order valence-corrected chi connectivity index (χ2v) is 7.17. The highest BCUT2D eigenvalue weighted by atomic mass is 19.4. The molecule has 0 saturated carbocycles. The molecule has 8 nitrogen and oxygen atoms in total. The van der Waals surface area contributed by atoms with Crippen LogP contribution in [0.2, 0.25) is 0 Å². The topological polar surface area (TPSA) is 89.2 Å².